The normalized spacial score (nSPS) is 12.0. The fourth-order valence-corrected chi connectivity index (χ4v) is 1.18. The zero-order valence-electron chi connectivity index (χ0n) is 9.09. The minimum Gasteiger partial charge on any atom is -0.469 e. The van der Waals surface area contributed by atoms with Crippen LogP contribution in [0.4, 0.5) is 14.5 Å². The predicted octanol–water partition coefficient (Wildman–Crippen LogP) is 2.19. The standard InChI is InChI=1S/C11H13F2NO2/c1-7(11(15)16-2)6-14-10-5-8(12)3-4-9(10)13/h3-5,7,14H,6H2,1-2H3. The number of rotatable bonds is 4. The molecule has 0 amide bonds. The second-order valence-electron chi connectivity index (χ2n) is 3.43. The van der Waals surface area contributed by atoms with E-state index in [1.54, 1.807) is 6.92 Å². The van der Waals surface area contributed by atoms with Gasteiger partial charge in [0.05, 0.1) is 18.7 Å². The van der Waals surface area contributed by atoms with Crippen molar-refractivity contribution in [3.8, 4) is 0 Å². The molecule has 1 rings (SSSR count). The number of ether oxygens (including phenoxy) is 1. The van der Waals surface area contributed by atoms with Crippen molar-refractivity contribution < 1.29 is 18.3 Å². The number of methoxy groups -OCH3 is 1. The Morgan fingerprint density at radius 2 is 2.19 bits per heavy atom. The summed E-state index contributed by atoms with van der Waals surface area (Å²) in [5, 5.41) is 2.65. The summed E-state index contributed by atoms with van der Waals surface area (Å²) in [4.78, 5) is 11.1. The SMILES string of the molecule is COC(=O)C(C)CNc1cc(F)ccc1F. The molecule has 1 atom stereocenters. The van der Waals surface area contributed by atoms with Crippen LogP contribution in [0.25, 0.3) is 0 Å². The molecule has 0 aliphatic rings. The molecule has 0 aromatic heterocycles. The van der Waals surface area contributed by atoms with Crippen molar-refractivity contribution in [2.24, 2.45) is 5.92 Å². The van der Waals surface area contributed by atoms with Crippen LogP contribution in [0.3, 0.4) is 0 Å². The number of hydrogen-bond acceptors (Lipinski definition) is 3. The van der Waals surface area contributed by atoms with Crippen LogP contribution in [0.2, 0.25) is 0 Å². The fourth-order valence-electron chi connectivity index (χ4n) is 1.18. The molecule has 0 spiro atoms. The predicted molar refractivity (Wildman–Crippen MR) is 56.0 cm³/mol. The first kappa shape index (κ1) is 12.4. The lowest BCUT2D eigenvalue weighted by atomic mass is 10.2. The first-order chi connectivity index (χ1) is 7.54. The Labute approximate surface area is 92.4 Å². The van der Waals surface area contributed by atoms with E-state index in [9.17, 15) is 13.6 Å². The maximum absolute atomic E-state index is 13.2. The summed E-state index contributed by atoms with van der Waals surface area (Å²) in [5.74, 6) is -1.91. The molecule has 0 saturated carbocycles. The molecule has 88 valence electrons. The molecule has 0 aliphatic heterocycles. The van der Waals surface area contributed by atoms with Gasteiger partial charge in [-0.15, -0.1) is 0 Å². The Bertz CT molecular complexity index is 382. The third-order valence-corrected chi connectivity index (χ3v) is 2.13. The topological polar surface area (TPSA) is 38.3 Å². The maximum Gasteiger partial charge on any atom is 0.310 e. The molecule has 0 saturated heterocycles. The average molecular weight is 229 g/mol. The van der Waals surface area contributed by atoms with Gasteiger partial charge >= 0.3 is 5.97 Å². The number of carbonyl (C=O) groups is 1. The lowest BCUT2D eigenvalue weighted by Crippen LogP contribution is -2.21. The highest BCUT2D eigenvalue weighted by Crippen LogP contribution is 2.15. The van der Waals surface area contributed by atoms with Crippen molar-refractivity contribution in [3.63, 3.8) is 0 Å². The minimum absolute atomic E-state index is 0.0377. The summed E-state index contributed by atoms with van der Waals surface area (Å²) in [7, 11) is 1.28. The highest BCUT2D eigenvalue weighted by atomic mass is 19.1. The van der Waals surface area contributed by atoms with E-state index in [0.29, 0.717) is 0 Å². The van der Waals surface area contributed by atoms with Crippen LogP contribution in [0.1, 0.15) is 6.92 Å². The smallest absolute Gasteiger partial charge is 0.310 e. The second-order valence-corrected chi connectivity index (χ2v) is 3.43. The monoisotopic (exact) mass is 229 g/mol. The van der Waals surface area contributed by atoms with E-state index < -0.39 is 23.5 Å². The molecule has 1 unspecified atom stereocenters. The van der Waals surface area contributed by atoms with Gasteiger partial charge in [-0.3, -0.25) is 4.79 Å². The molecule has 0 bridgehead atoms. The van der Waals surface area contributed by atoms with Gasteiger partial charge in [-0.1, -0.05) is 6.92 Å². The van der Waals surface area contributed by atoms with Crippen molar-refractivity contribution in [2.45, 2.75) is 6.92 Å². The summed E-state index contributed by atoms with van der Waals surface area (Å²) >= 11 is 0. The van der Waals surface area contributed by atoms with Crippen molar-refractivity contribution in [3.05, 3.63) is 29.8 Å². The Hall–Kier alpha value is -1.65. The van der Waals surface area contributed by atoms with Crippen molar-refractivity contribution in [1.82, 2.24) is 0 Å². The third-order valence-electron chi connectivity index (χ3n) is 2.13. The van der Waals surface area contributed by atoms with E-state index in [-0.39, 0.29) is 12.2 Å². The number of carbonyl (C=O) groups excluding carboxylic acids is 1. The molecular formula is C11H13F2NO2. The fraction of sp³-hybridized carbons (Fsp3) is 0.364. The Balaban J connectivity index is 2.60. The third kappa shape index (κ3) is 3.18. The number of anilines is 1. The largest absolute Gasteiger partial charge is 0.469 e. The van der Waals surface area contributed by atoms with Gasteiger partial charge in [0.2, 0.25) is 0 Å². The van der Waals surface area contributed by atoms with Gasteiger partial charge < -0.3 is 10.1 Å². The molecular weight excluding hydrogens is 216 g/mol. The molecule has 16 heavy (non-hydrogen) atoms. The van der Waals surface area contributed by atoms with Crippen molar-refractivity contribution in [2.75, 3.05) is 19.0 Å². The lowest BCUT2D eigenvalue weighted by Gasteiger charge is -2.12. The van der Waals surface area contributed by atoms with Crippen LogP contribution in [0.15, 0.2) is 18.2 Å². The van der Waals surface area contributed by atoms with Crippen molar-refractivity contribution >= 4 is 11.7 Å². The highest BCUT2D eigenvalue weighted by Gasteiger charge is 2.13. The zero-order chi connectivity index (χ0) is 12.1. The summed E-state index contributed by atoms with van der Waals surface area (Å²) in [6, 6.07) is 3.10. The molecule has 0 radical (unpaired) electrons. The van der Waals surface area contributed by atoms with E-state index in [0.717, 1.165) is 18.2 Å². The van der Waals surface area contributed by atoms with E-state index in [2.05, 4.69) is 10.1 Å². The average Bonchev–Trinajstić information content (AvgIpc) is 2.28. The molecule has 1 N–H and O–H groups in total. The molecule has 0 heterocycles. The number of halogens is 2. The molecule has 0 fully saturated rings. The number of hydrogen-bond donors (Lipinski definition) is 1. The Morgan fingerprint density at radius 3 is 2.81 bits per heavy atom. The van der Waals surface area contributed by atoms with E-state index in [4.69, 9.17) is 0 Å². The van der Waals surface area contributed by atoms with Gasteiger partial charge in [-0.05, 0) is 18.2 Å². The van der Waals surface area contributed by atoms with Gasteiger partial charge in [0.15, 0.2) is 0 Å². The van der Waals surface area contributed by atoms with E-state index >= 15 is 0 Å². The van der Waals surface area contributed by atoms with Gasteiger partial charge in [0.1, 0.15) is 11.6 Å². The van der Waals surface area contributed by atoms with Crippen LogP contribution >= 0.6 is 0 Å². The highest BCUT2D eigenvalue weighted by molar-refractivity contribution is 5.72. The number of nitrogens with one attached hydrogen (secondary N) is 1. The van der Waals surface area contributed by atoms with Crippen LogP contribution in [-0.4, -0.2) is 19.6 Å². The van der Waals surface area contributed by atoms with Gasteiger partial charge in [0.25, 0.3) is 0 Å². The molecule has 3 nitrogen and oxygen atoms in total. The van der Waals surface area contributed by atoms with Crippen LogP contribution in [0.5, 0.6) is 0 Å². The van der Waals surface area contributed by atoms with Gasteiger partial charge in [0, 0.05) is 6.54 Å². The van der Waals surface area contributed by atoms with Crippen LogP contribution < -0.4 is 5.32 Å². The number of benzene rings is 1. The molecule has 1 aromatic rings. The summed E-state index contributed by atoms with van der Waals surface area (Å²) in [6.45, 7) is 1.82. The van der Waals surface area contributed by atoms with E-state index in [1.807, 2.05) is 0 Å². The Morgan fingerprint density at radius 1 is 1.50 bits per heavy atom. The first-order valence-electron chi connectivity index (χ1n) is 4.81. The van der Waals surface area contributed by atoms with Gasteiger partial charge in [-0.25, -0.2) is 8.78 Å². The number of esters is 1. The molecule has 1 aromatic carbocycles. The second kappa shape index (κ2) is 5.44. The van der Waals surface area contributed by atoms with Crippen molar-refractivity contribution in [1.29, 1.82) is 0 Å². The quantitative estimate of drug-likeness (QED) is 0.804. The summed E-state index contributed by atoms with van der Waals surface area (Å²) in [6.07, 6.45) is 0. The van der Waals surface area contributed by atoms with Crippen LogP contribution in [0, 0.1) is 17.6 Å². The van der Waals surface area contributed by atoms with E-state index in [1.165, 1.54) is 7.11 Å². The van der Waals surface area contributed by atoms with Gasteiger partial charge in [-0.2, -0.15) is 0 Å². The maximum atomic E-state index is 13.2. The lowest BCUT2D eigenvalue weighted by molar-refractivity contribution is -0.144. The van der Waals surface area contributed by atoms with Crippen LogP contribution in [-0.2, 0) is 9.53 Å². The summed E-state index contributed by atoms with van der Waals surface area (Å²) in [5.41, 5.74) is 0.0377. The summed E-state index contributed by atoms with van der Waals surface area (Å²) < 4.78 is 30.5. The molecule has 5 heteroatoms. The first-order valence-corrected chi connectivity index (χ1v) is 4.81. The zero-order valence-corrected chi connectivity index (χ0v) is 9.09. The Kier molecular flexibility index (Phi) is 4.22. The molecule has 0 aliphatic carbocycles. The minimum atomic E-state index is -0.557.